The molecule has 10 nitrogen and oxygen atoms in total. The van der Waals surface area contributed by atoms with Gasteiger partial charge in [0.05, 0.1) is 35.5 Å². The Labute approximate surface area is 630 Å². The Morgan fingerprint density at radius 3 is 1.43 bits per heavy atom. The van der Waals surface area contributed by atoms with E-state index in [4.69, 9.17) is 23.7 Å². The van der Waals surface area contributed by atoms with Crippen molar-refractivity contribution >= 4 is 22.9 Å². The maximum absolute atomic E-state index is 13.0. The lowest BCUT2D eigenvalue weighted by Crippen LogP contribution is -2.43. The molecule has 0 fully saturated rings. The van der Waals surface area contributed by atoms with Crippen LogP contribution in [-0.4, -0.2) is 63.1 Å². The van der Waals surface area contributed by atoms with Crippen molar-refractivity contribution in [1.82, 2.24) is 0 Å². The van der Waals surface area contributed by atoms with Gasteiger partial charge in [-0.3, -0.25) is 14.4 Å². The average molecular weight is 1420 g/mol. The number of hydrogen-bond acceptors (Lipinski definition) is 10. The van der Waals surface area contributed by atoms with Crippen LogP contribution >= 0.6 is 0 Å². The second-order valence-corrected chi connectivity index (χ2v) is 30.5. The molecule has 4 unspecified atom stereocenters. The van der Waals surface area contributed by atoms with Gasteiger partial charge in [-0.15, -0.1) is 39.5 Å². The SMILES string of the molecule is C=CCCCC1(CCCC=C)Cc2cc(OC)ccc2C1(O)C(=C)C.C=CCCCC1(CCCC=C)Cc2cc(OC)ccc2C1=O.C=CCCCC12CCCC(=O)C(C)=C1c1ccc(OC)cc1C2.C=CCCCC12CCCC=C(C)C1(O)c1ccc(OC)cc1C2.COc1ccc2c(c1)CCC2=O. The van der Waals surface area contributed by atoms with Crippen LogP contribution in [0.4, 0.5) is 0 Å². The summed E-state index contributed by atoms with van der Waals surface area (Å²) in [6, 6.07) is 30.0. The van der Waals surface area contributed by atoms with Gasteiger partial charge in [0, 0.05) is 45.6 Å². The quantitative estimate of drug-likeness (QED) is 0.0338. The second kappa shape index (κ2) is 37.8. The molecule has 0 spiro atoms. The Bertz CT molecular complexity index is 3980. The molecule has 0 bridgehead atoms. The molecule has 4 atom stereocenters. The first-order chi connectivity index (χ1) is 50.6. The molecule has 105 heavy (non-hydrogen) atoms. The molecule has 0 saturated heterocycles. The highest BCUT2D eigenvalue weighted by molar-refractivity contribution is 6.06. The third-order valence-electron chi connectivity index (χ3n) is 24.2. The fraction of sp³-hybridized carbons (Fsp3) is 0.463. The number of methoxy groups -OCH3 is 5. The molecule has 562 valence electrons. The monoisotopic (exact) mass is 1420 g/mol. The number of carbonyl (C=O) groups is 3. The van der Waals surface area contributed by atoms with Gasteiger partial charge < -0.3 is 33.9 Å². The number of fused-ring (bicyclic) bond motifs is 9. The summed E-state index contributed by atoms with van der Waals surface area (Å²) in [6.45, 7) is 33.2. The molecule has 7 aliphatic rings. The van der Waals surface area contributed by atoms with E-state index in [2.05, 4.69) is 89.4 Å². The van der Waals surface area contributed by atoms with Crippen LogP contribution in [0.2, 0.25) is 0 Å². The van der Waals surface area contributed by atoms with Gasteiger partial charge >= 0.3 is 0 Å². The molecular formula is C95H122O10. The van der Waals surface area contributed by atoms with E-state index in [1.165, 1.54) is 27.8 Å². The van der Waals surface area contributed by atoms with Crippen molar-refractivity contribution in [2.24, 2.45) is 21.7 Å². The fourth-order valence-electron chi connectivity index (χ4n) is 18.8. The molecule has 5 aromatic carbocycles. The highest BCUT2D eigenvalue weighted by Crippen LogP contribution is 2.62. The van der Waals surface area contributed by atoms with E-state index < -0.39 is 11.2 Å². The summed E-state index contributed by atoms with van der Waals surface area (Å²) in [5.74, 6) is 5.21. The van der Waals surface area contributed by atoms with E-state index >= 15 is 0 Å². The summed E-state index contributed by atoms with van der Waals surface area (Å²) in [5.41, 5.74) is 13.2. The van der Waals surface area contributed by atoms with Gasteiger partial charge in [0.1, 0.15) is 39.9 Å². The van der Waals surface area contributed by atoms with E-state index in [0.29, 0.717) is 24.4 Å². The molecule has 10 heteroatoms. The van der Waals surface area contributed by atoms with Gasteiger partial charge in [-0.2, -0.15) is 0 Å². The Morgan fingerprint density at radius 1 is 0.457 bits per heavy atom. The van der Waals surface area contributed by atoms with Gasteiger partial charge in [-0.05, 0) is 340 Å². The molecule has 12 rings (SSSR count). The maximum atomic E-state index is 13.0. The number of benzene rings is 5. The molecule has 5 aromatic rings. The van der Waals surface area contributed by atoms with Gasteiger partial charge in [0.25, 0.3) is 0 Å². The largest absolute Gasteiger partial charge is 0.497 e. The van der Waals surface area contributed by atoms with Crippen molar-refractivity contribution in [3.05, 3.63) is 252 Å². The minimum atomic E-state index is -0.989. The van der Waals surface area contributed by atoms with E-state index in [1.54, 1.807) is 35.5 Å². The molecule has 0 radical (unpaired) electrons. The van der Waals surface area contributed by atoms with Crippen molar-refractivity contribution < 1.29 is 48.3 Å². The number of Topliss-reactive ketones (excluding diaryl/α,β-unsaturated/α-hetero) is 3. The Hall–Kier alpha value is -8.31. The normalized spacial score (nSPS) is 21.4. The number of ketones is 3. The Kier molecular flexibility index (Phi) is 29.6. The van der Waals surface area contributed by atoms with Gasteiger partial charge in [0.2, 0.25) is 0 Å². The van der Waals surface area contributed by atoms with Crippen molar-refractivity contribution in [2.75, 3.05) is 35.5 Å². The van der Waals surface area contributed by atoms with Crippen LogP contribution in [-0.2, 0) is 48.1 Å². The number of aliphatic hydroxyl groups is 2. The van der Waals surface area contributed by atoms with Crippen LogP contribution in [0.15, 0.2) is 196 Å². The number of rotatable bonds is 30. The van der Waals surface area contributed by atoms with Crippen molar-refractivity contribution in [2.45, 2.75) is 225 Å². The van der Waals surface area contributed by atoms with E-state index in [1.807, 2.05) is 111 Å². The lowest BCUT2D eigenvalue weighted by atomic mass is 9.64. The standard InChI is InChI=1S/C23H32O2.C21H28O2.C21H26O2.C20H26O2.C10H10O2/c1-6-8-10-14-22(15-11-9-7-2)17-19-16-20(25-5)12-13-21(19)23(22,24)18(3)4;1-4-5-7-12-20-13-8-6-9-16(2)21(20,22)19-11-10-18(23-3)14-17(19)15-20;1-4-5-6-11-21-12-7-8-19(22)15(2)20(21)18-10-9-17(23-3)13-16(18)14-21;1-4-6-8-12-20(13-9-7-5-2)15-16-14-17(22-3)10-11-18(16)19(20)21;1-12-8-3-4-9-7(6-8)2-5-10(9)11/h6-7,12-13,16,24H,1-3,8-11,14-15,17H2,4-5H3;4,9-11,14,22H,1,5-8,12-13,15H2,2-3H3;4,9-10,13H,1,5-8,11-12,14H2,2-3H3;4-5,10-11,14H,1-2,6-9,12-13,15H2,3H3;3-4,6H,2,5H2,1H3. The number of carbonyl (C=O) groups excluding carboxylic acids is 3. The first-order valence-corrected chi connectivity index (χ1v) is 38.7. The van der Waals surface area contributed by atoms with Crippen LogP contribution in [0.3, 0.4) is 0 Å². The molecular weight excluding hydrogens is 1300 g/mol. The molecule has 0 saturated carbocycles. The predicted molar refractivity (Wildman–Crippen MR) is 432 cm³/mol. The van der Waals surface area contributed by atoms with Crippen LogP contribution in [0.25, 0.3) is 5.57 Å². The second-order valence-electron chi connectivity index (χ2n) is 30.5. The van der Waals surface area contributed by atoms with Crippen LogP contribution in [0, 0.1) is 21.7 Å². The average Bonchev–Trinajstić information content (AvgIpc) is 1.56. The van der Waals surface area contributed by atoms with Gasteiger partial charge in [0.15, 0.2) is 17.3 Å². The molecule has 7 aliphatic carbocycles. The maximum Gasteiger partial charge on any atom is 0.169 e. The Balaban J connectivity index is 0.000000168. The summed E-state index contributed by atoms with van der Waals surface area (Å²) >= 11 is 0. The van der Waals surface area contributed by atoms with Gasteiger partial charge in [-0.1, -0.05) is 67.3 Å². The molecule has 0 aliphatic heterocycles. The zero-order valence-corrected chi connectivity index (χ0v) is 65.0. The summed E-state index contributed by atoms with van der Waals surface area (Å²) in [5, 5.41) is 23.8. The summed E-state index contributed by atoms with van der Waals surface area (Å²) in [7, 11) is 8.40. The third kappa shape index (κ3) is 17.9. The summed E-state index contributed by atoms with van der Waals surface area (Å²) in [4.78, 5) is 36.7. The minimum absolute atomic E-state index is 0.0816. The van der Waals surface area contributed by atoms with Crippen molar-refractivity contribution in [3.63, 3.8) is 0 Å². The van der Waals surface area contributed by atoms with Crippen LogP contribution in [0.1, 0.15) is 247 Å². The zero-order valence-electron chi connectivity index (χ0n) is 65.0. The number of ether oxygens (including phenoxy) is 5. The number of hydrogen-bond donors (Lipinski definition) is 2. The summed E-state index contributed by atoms with van der Waals surface area (Å²) < 4.78 is 26.6. The fourth-order valence-corrected chi connectivity index (χ4v) is 18.8. The molecule has 0 amide bonds. The zero-order chi connectivity index (χ0) is 76.0. The van der Waals surface area contributed by atoms with E-state index in [0.717, 1.165) is 259 Å². The highest BCUT2D eigenvalue weighted by Gasteiger charge is 2.58. The lowest BCUT2D eigenvalue weighted by molar-refractivity contribution is -0.115. The smallest absolute Gasteiger partial charge is 0.169 e. The predicted octanol–water partition coefficient (Wildman–Crippen LogP) is 22.7. The molecule has 2 N–H and O–H groups in total. The first kappa shape index (κ1) is 82.3. The van der Waals surface area contributed by atoms with Gasteiger partial charge in [-0.25, -0.2) is 0 Å². The van der Waals surface area contributed by atoms with Crippen LogP contribution in [0.5, 0.6) is 28.7 Å². The van der Waals surface area contributed by atoms with E-state index in [9.17, 15) is 24.6 Å². The van der Waals surface area contributed by atoms with Crippen molar-refractivity contribution in [3.8, 4) is 28.7 Å². The minimum Gasteiger partial charge on any atom is -0.497 e. The molecule has 0 aromatic heterocycles. The topological polar surface area (TPSA) is 138 Å². The van der Waals surface area contributed by atoms with Crippen molar-refractivity contribution in [1.29, 1.82) is 0 Å². The number of allylic oxidation sites excluding steroid dienone is 9. The number of aryl methyl sites for hydroxylation is 1. The first-order valence-electron chi connectivity index (χ1n) is 38.7. The lowest BCUT2D eigenvalue weighted by Gasteiger charge is -2.44. The third-order valence-corrected chi connectivity index (χ3v) is 24.2. The summed E-state index contributed by atoms with van der Waals surface area (Å²) in [6.07, 6.45) is 43.5. The van der Waals surface area contributed by atoms with E-state index in [-0.39, 0.29) is 27.4 Å². The molecule has 0 heterocycles. The van der Waals surface area contributed by atoms with Crippen LogP contribution < -0.4 is 23.7 Å². The highest BCUT2D eigenvalue weighted by atomic mass is 16.5. The number of unbranched alkanes of at least 4 members (excludes halogenated alkanes) is 6. The Morgan fingerprint density at radius 2 is 0.905 bits per heavy atom.